The first-order valence-corrected chi connectivity index (χ1v) is 9.84. The number of unbranched alkanes of at least 4 members (excludes halogenated alkanes) is 12. The zero-order chi connectivity index (χ0) is 16.3. The summed E-state index contributed by atoms with van der Waals surface area (Å²) in [4.78, 5) is 0. The van der Waals surface area contributed by atoms with Gasteiger partial charge in [-0.25, -0.2) is 0 Å². The van der Waals surface area contributed by atoms with E-state index in [1.54, 1.807) is 0 Å². The van der Waals surface area contributed by atoms with Crippen molar-refractivity contribution < 1.29 is 5.11 Å². The summed E-state index contributed by atoms with van der Waals surface area (Å²) in [7, 11) is 0. The zero-order valence-corrected chi connectivity index (χ0v) is 15.5. The Kier molecular flexibility index (Phi) is 18.4. The van der Waals surface area contributed by atoms with Crippen molar-refractivity contribution in [3.05, 3.63) is 0 Å². The van der Waals surface area contributed by atoms with Crippen molar-refractivity contribution in [3.63, 3.8) is 0 Å². The minimum Gasteiger partial charge on any atom is -0.395 e. The second-order valence-electron chi connectivity index (χ2n) is 6.15. The number of aliphatic hydroxyl groups is 1. The first kappa shape index (κ1) is 21.6. The summed E-state index contributed by atoms with van der Waals surface area (Å²) < 4.78 is 0. The van der Waals surface area contributed by atoms with Gasteiger partial charge in [0.15, 0.2) is 5.11 Å². The molecule has 0 unspecified atom stereocenters. The van der Waals surface area contributed by atoms with Gasteiger partial charge in [0.1, 0.15) is 0 Å². The lowest BCUT2D eigenvalue weighted by Gasteiger charge is -2.09. The normalized spacial score (nSPS) is 10.6. The molecule has 0 aliphatic heterocycles. The van der Waals surface area contributed by atoms with Crippen LogP contribution in [0, 0.1) is 0 Å². The second-order valence-corrected chi connectivity index (χ2v) is 6.56. The topological polar surface area (TPSA) is 44.3 Å². The Morgan fingerprint density at radius 1 is 0.682 bits per heavy atom. The van der Waals surface area contributed by atoms with Gasteiger partial charge in [-0.05, 0) is 18.6 Å². The van der Waals surface area contributed by atoms with E-state index in [-0.39, 0.29) is 6.61 Å². The third kappa shape index (κ3) is 17.7. The van der Waals surface area contributed by atoms with Crippen molar-refractivity contribution in [2.24, 2.45) is 0 Å². The molecular weight excluding hydrogens is 292 g/mol. The molecule has 0 aromatic carbocycles. The van der Waals surface area contributed by atoms with E-state index in [0.717, 1.165) is 6.54 Å². The fourth-order valence-electron chi connectivity index (χ4n) is 2.58. The summed E-state index contributed by atoms with van der Waals surface area (Å²) in [6.45, 7) is 3.87. The lowest BCUT2D eigenvalue weighted by Crippen LogP contribution is -2.37. The van der Waals surface area contributed by atoms with E-state index in [4.69, 9.17) is 17.3 Å². The van der Waals surface area contributed by atoms with Gasteiger partial charge in [-0.3, -0.25) is 0 Å². The van der Waals surface area contributed by atoms with Gasteiger partial charge in [0.25, 0.3) is 0 Å². The summed E-state index contributed by atoms with van der Waals surface area (Å²) in [6.07, 6.45) is 17.9. The largest absolute Gasteiger partial charge is 0.395 e. The van der Waals surface area contributed by atoms with Crippen LogP contribution in [0.3, 0.4) is 0 Å². The van der Waals surface area contributed by atoms with Crippen molar-refractivity contribution in [1.82, 2.24) is 10.6 Å². The molecule has 0 amide bonds. The molecule has 0 saturated heterocycles. The van der Waals surface area contributed by atoms with E-state index < -0.39 is 0 Å². The van der Waals surface area contributed by atoms with E-state index >= 15 is 0 Å². The molecule has 0 aliphatic carbocycles. The molecule has 0 aliphatic rings. The van der Waals surface area contributed by atoms with Crippen LogP contribution in [0.15, 0.2) is 0 Å². The van der Waals surface area contributed by atoms with Gasteiger partial charge in [-0.15, -0.1) is 0 Å². The van der Waals surface area contributed by atoms with Gasteiger partial charge in [-0.1, -0.05) is 84.0 Å². The molecule has 0 spiro atoms. The highest BCUT2D eigenvalue weighted by atomic mass is 32.1. The van der Waals surface area contributed by atoms with Gasteiger partial charge < -0.3 is 15.7 Å². The van der Waals surface area contributed by atoms with E-state index in [1.165, 1.54) is 83.5 Å². The fraction of sp³-hybridized carbons (Fsp3) is 0.944. The summed E-state index contributed by atoms with van der Waals surface area (Å²) in [6, 6.07) is 0. The molecule has 0 saturated carbocycles. The molecule has 0 aromatic heterocycles. The zero-order valence-electron chi connectivity index (χ0n) is 14.7. The number of aliphatic hydroxyl groups excluding tert-OH is 1. The maximum absolute atomic E-state index is 8.66. The molecule has 22 heavy (non-hydrogen) atoms. The van der Waals surface area contributed by atoms with E-state index in [2.05, 4.69) is 17.6 Å². The van der Waals surface area contributed by atoms with Crippen LogP contribution >= 0.6 is 12.2 Å². The Balaban J connectivity index is 3.04. The number of hydrogen-bond acceptors (Lipinski definition) is 2. The average Bonchev–Trinajstić information content (AvgIpc) is 2.53. The number of rotatable bonds is 16. The second kappa shape index (κ2) is 18.7. The number of thiocarbonyl (C=S) groups is 1. The summed E-state index contributed by atoms with van der Waals surface area (Å²) >= 11 is 5.08. The highest BCUT2D eigenvalue weighted by Crippen LogP contribution is 2.12. The Labute approximate surface area is 143 Å². The monoisotopic (exact) mass is 330 g/mol. The van der Waals surface area contributed by atoms with E-state index in [9.17, 15) is 0 Å². The van der Waals surface area contributed by atoms with Gasteiger partial charge >= 0.3 is 0 Å². The molecule has 0 bridgehead atoms. The fourth-order valence-corrected chi connectivity index (χ4v) is 2.78. The van der Waals surface area contributed by atoms with Crippen molar-refractivity contribution >= 4 is 17.3 Å². The van der Waals surface area contributed by atoms with Crippen molar-refractivity contribution in [2.75, 3.05) is 19.7 Å². The quantitative estimate of drug-likeness (QED) is 0.287. The molecule has 0 heterocycles. The van der Waals surface area contributed by atoms with Gasteiger partial charge in [0.2, 0.25) is 0 Å². The molecule has 0 radical (unpaired) electrons. The lowest BCUT2D eigenvalue weighted by atomic mass is 10.0. The van der Waals surface area contributed by atoms with Crippen LogP contribution in [-0.4, -0.2) is 29.9 Å². The summed E-state index contributed by atoms with van der Waals surface area (Å²) in [5.41, 5.74) is 0. The molecule has 132 valence electrons. The van der Waals surface area contributed by atoms with Crippen LogP contribution in [0.25, 0.3) is 0 Å². The van der Waals surface area contributed by atoms with Crippen LogP contribution in [0.1, 0.15) is 90.4 Å². The SMILES string of the molecule is CCCCCCCCCCCCCCCNC(=S)NCCO. The van der Waals surface area contributed by atoms with Crippen LogP contribution in [0.5, 0.6) is 0 Å². The molecule has 0 rings (SSSR count). The van der Waals surface area contributed by atoms with Gasteiger partial charge in [0.05, 0.1) is 6.61 Å². The summed E-state index contributed by atoms with van der Waals surface area (Å²) in [5, 5.41) is 15.4. The van der Waals surface area contributed by atoms with Crippen molar-refractivity contribution in [1.29, 1.82) is 0 Å². The van der Waals surface area contributed by atoms with Crippen LogP contribution in [0.2, 0.25) is 0 Å². The van der Waals surface area contributed by atoms with E-state index in [1.807, 2.05) is 0 Å². The van der Waals surface area contributed by atoms with Crippen LogP contribution < -0.4 is 10.6 Å². The molecule has 0 aromatic rings. The highest BCUT2D eigenvalue weighted by molar-refractivity contribution is 7.80. The minimum atomic E-state index is 0.126. The maximum Gasteiger partial charge on any atom is 0.166 e. The van der Waals surface area contributed by atoms with Crippen molar-refractivity contribution in [2.45, 2.75) is 90.4 Å². The Bertz CT molecular complexity index is 237. The highest BCUT2D eigenvalue weighted by Gasteiger charge is 1.95. The standard InChI is InChI=1S/C18H38N2OS/c1-2-3-4-5-6-7-8-9-10-11-12-13-14-15-19-18(22)20-16-17-21/h21H,2-17H2,1H3,(H2,19,20,22). The molecule has 3 N–H and O–H groups in total. The summed E-state index contributed by atoms with van der Waals surface area (Å²) in [5.74, 6) is 0. The Hall–Kier alpha value is -0.350. The third-order valence-electron chi connectivity index (χ3n) is 3.96. The minimum absolute atomic E-state index is 0.126. The average molecular weight is 331 g/mol. The van der Waals surface area contributed by atoms with Gasteiger partial charge in [0, 0.05) is 13.1 Å². The third-order valence-corrected chi connectivity index (χ3v) is 4.25. The number of nitrogens with one attached hydrogen (secondary N) is 2. The first-order chi connectivity index (χ1) is 10.8. The predicted molar refractivity (Wildman–Crippen MR) is 101 cm³/mol. The number of hydrogen-bond donors (Lipinski definition) is 3. The molecule has 4 heteroatoms. The lowest BCUT2D eigenvalue weighted by molar-refractivity contribution is 0.300. The predicted octanol–water partition coefficient (Wildman–Crippen LogP) is 4.53. The molecular formula is C18H38N2OS. The molecule has 0 fully saturated rings. The molecule has 3 nitrogen and oxygen atoms in total. The first-order valence-electron chi connectivity index (χ1n) is 9.43. The van der Waals surface area contributed by atoms with Crippen LogP contribution in [0.4, 0.5) is 0 Å². The maximum atomic E-state index is 8.66. The van der Waals surface area contributed by atoms with E-state index in [0.29, 0.717) is 11.7 Å². The van der Waals surface area contributed by atoms with Gasteiger partial charge in [-0.2, -0.15) is 0 Å². The Morgan fingerprint density at radius 2 is 1.09 bits per heavy atom. The molecule has 0 atom stereocenters. The smallest absolute Gasteiger partial charge is 0.166 e. The van der Waals surface area contributed by atoms with Crippen molar-refractivity contribution in [3.8, 4) is 0 Å². The Morgan fingerprint density at radius 3 is 1.55 bits per heavy atom. The van der Waals surface area contributed by atoms with Crippen LogP contribution in [-0.2, 0) is 0 Å².